The number of primary amides is 1. The normalized spacial score (nSPS) is 10.8. The summed E-state index contributed by atoms with van der Waals surface area (Å²) in [6.07, 6.45) is 1.82. The van der Waals surface area contributed by atoms with Crippen molar-refractivity contribution < 1.29 is 9.18 Å². The first-order chi connectivity index (χ1) is 9.16. The van der Waals surface area contributed by atoms with Crippen LogP contribution in [0.25, 0.3) is 16.8 Å². The quantitative estimate of drug-likeness (QED) is 0.751. The molecule has 0 aliphatic rings. The summed E-state index contributed by atoms with van der Waals surface area (Å²) in [5.74, 6) is -0.810. The van der Waals surface area contributed by atoms with E-state index in [4.69, 9.17) is 5.73 Å². The third kappa shape index (κ3) is 1.87. The number of aromatic nitrogens is 1. The number of nitrogens with two attached hydrogens (primary N) is 1. The fourth-order valence-corrected chi connectivity index (χ4v) is 2.22. The Morgan fingerprint density at radius 3 is 2.68 bits per heavy atom. The van der Waals surface area contributed by atoms with Gasteiger partial charge in [-0.25, -0.2) is 4.39 Å². The first-order valence-electron chi connectivity index (χ1n) is 5.82. The molecule has 2 aromatic heterocycles. The monoisotopic (exact) mass is 254 g/mol. The summed E-state index contributed by atoms with van der Waals surface area (Å²) in [6, 6.07) is 13.4. The van der Waals surface area contributed by atoms with Crippen LogP contribution in [0.15, 0.2) is 54.7 Å². The third-order valence-corrected chi connectivity index (χ3v) is 3.06. The minimum absolute atomic E-state index is 0.316. The fraction of sp³-hybridized carbons (Fsp3) is 0. The average molecular weight is 254 g/mol. The number of carbonyl (C=O) groups is 1. The van der Waals surface area contributed by atoms with Crippen molar-refractivity contribution in [3.63, 3.8) is 0 Å². The fourth-order valence-electron chi connectivity index (χ4n) is 2.22. The molecule has 3 aromatic rings. The first kappa shape index (κ1) is 11.5. The molecule has 0 saturated carbocycles. The molecule has 0 saturated heterocycles. The zero-order valence-electron chi connectivity index (χ0n) is 10.0. The molecule has 3 rings (SSSR count). The van der Waals surface area contributed by atoms with Gasteiger partial charge < -0.3 is 10.1 Å². The molecule has 0 fully saturated rings. The predicted octanol–water partition coefficient (Wildman–Crippen LogP) is 2.84. The number of amides is 1. The van der Waals surface area contributed by atoms with E-state index in [9.17, 15) is 9.18 Å². The van der Waals surface area contributed by atoms with E-state index in [-0.39, 0.29) is 5.82 Å². The lowest BCUT2D eigenvalue weighted by Gasteiger charge is -2.02. The van der Waals surface area contributed by atoms with E-state index >= 15 is 0 Å². The Morgan fingerprint density at radius 1 is 1.11 bits per heavy atom. The van der Waals surface area contributed by atoms with Gasteiger partial charge in [-0.15, -0.1) is 0 Å². The number of nitrogens with zero attached hydrogens (tertiary/aromatic N) is 1. The molecule has 94 valence electrons. The molecule has 0 aliphatic heterocycles. The Hall–Kier alpha value is -2.62. The van der Waals surface area contributed by atoms with Crippen LogP contribution >= 0.6 is 0 Å². The van der Waals surface area contributed by atoms with Crippen LogP contribution in [0.3, 0.4) is 0 Å². The zero-order chi connectivity index (χ0) is 13.4. The van der Waals surface area contributed by atoms with Gasteiger partial charge in [0.1, 0.15) is 5.82 Å². The average Bonchev–Trinajstić information content (AvgIpc) is 2.78. The number of fused-ring (bicyclic) bond motifs is 1. The van der Waals surface area contributed by atoms with Crippen molar-refractivity contribution >= 4 is 11.4 Å². The molecule has 2 N–H and O–H groups in total. The molecule has 3 nitrogen and oxygen atoms in total. The number of rotatable bonds is 2. The summed E-state index contributed by atoms with van der Waals surface area (Å²) in [4.78, 5) is 11.5. The van der Waals surface area contributed by atoms with Crippen LogP contribution in [0.1, 0.15) is 10.4 Å². The van der Waals surface area contributed by atoms with E-state index in [0.717, 1.165) is 5.69 Å². The van der Waals surface area contributed by atoms with Crippen LogP contribution in [0.4, 0.5) is 4.39 Å². The van der Waals surface area contributed by atoms with E-state index in [0.29, 0.717) is 16.6 Å². The van der Waals surface area contributed by atoms with Crippen molar-refractivity contribution in [2.45, 2.75) is 0 Å². The molecule has 4 heteroatoms. The second kappa shape index (κ2) is 4.24. The van der Waals surface area contributed by atoms with Crippen LogP contribution in [0, 0.1) is 5.82 Å². The van der Waals surface area contributed by atoms with Gasteiger partial charge in [0.2, 0.25) is 0 Å². The maximum absolute atomic E-state index is 13.3. The second-order valence-corrected chi connectivity index (χ2v) is 4.27. The molecule has 1 aromatic carbocycles. The molecule has 2 heterocycles. The van der Waals surface area contributed by atoms with Gasteiger partial charge in [-0.1, -0.05) is 18.2 Å². The molecule has 0 spiro atoms. The van der Waals surface area contributed by atoms with Crippen molar-refractivity contribution in [3.05, 3.63) is 66.1 Å². The number of benzene rings is 1. The van der Waals surface area contributed by atoms with Gasteiger partial charge in [0.05, 0.1) is 16.8 Å². The van der Waals surface area contributed by atoms with Gasteiger partial charge in [0, 0.05) is 11.8 Å². The minimum atomic E-state index is -0.494. The third-order valence-electron chi connectivity index (χ3n) is 3.06. The molecule has 0 radical (unpaired) electrons. The van der Waals surface area contributed by atoms with E-state index in [1.165, 1.54) is 12.1 Å². The lowest BCUT2D eigenvalue weighted by Crippen LogP contribution is -2.10. The smallest absolute Gasteiger partial charge is 0.250 e. The predicted molar refractivity (Wildman–Crippen MR) is 71.3 cm³/mol. The van der Waals surface area contributed by atoms with Crippen molar-refractivity contribution in [3.8, 4) is 11.3 Å². The van der Waals surface area contributed by atoms with Crippen LogP contribution in [0.2, 0.25) is 0 Å². The Morgan fingerprint density at radius 2 is 1.95 bits per heavy atom. The molecule has 1 amide bonds. The van der Waals surface area contributed by atoms with Gasteiger partial charge in [-0.3, -0.25) is 4.79 Å². The maximum atomic E-state index is 13.3. The number of hydrogen-bond donors (Lipinski definition) is 1. The molecule has 0 aliphatic carbocycles. The maximum Gasteiger partial charge on any atom is 0.250 e. The Balaban J connectivity index is 2.33. The molecular weight excluding hydrogens is 243 g/mol. The van der Waals surface area contributed by atoms with Gasteiger partial charge in [0.15, 0.2) is 0 Å². The summed E-state index contributed by atoms with van der Waals surface area (Å²) in [7, 11) is 0. The van der Waals surface area contributed by atoms with Gasteiger partial charge in [0.25, 0.3) is 5.91 Å². The zero-order valence-corrected chi connectivity index (χ0v) is 10.0. The van der Waals surface area contributed by atoms with Gasteiger partial charge in [-0.05, 0) is 30.3 Å². The molecule has 0 bridgehead atoms. The Kier molecular flexibility index (Phi) is 2.56. The van der Waals surface area contributed by atoms with E-state index in [2.05, 4.69) is 0 Å². The number of carbonyl (C=O) groups excluding carboxylic acids is 1. The lowest BCUT2D eigenvalue weighted by molar-refractivity contribution is 0.100. The van der Waals surface area contributed by atoms with E-state index in [1.54, 1.807) is 18.2 Å². The molecule has 0 unspecified atom stereocenters. The number of pyridine rings is 1. The van der Waals surface area contributed by atoms with Crippen molar-refractivity contribution in [1.29, 1.82) is 0 Å². The van der Waals surface area contributed by atoms with Crippen molar-refractivity contribution in [2.75, 3.05) is 0 Å². The Labute approximate surface area is 109 Å². The van der Waals surface area contributed by atoms with Gasteiger partial charge in [-0.2, -0.15) is 0 Å². The molecule has 0 atom stereocenters. The highest BCUT2D eigenvalue weighted by atomic mass is 19.1. The van der Waals surface area contributed by atoms with Crippen molar-refractivity contribution in [2.24, 2.45) is 5.73 Å². The highest BCUT2D eigenvalue weighted by Crippen LogP contribution is 2.26. The SMILES string of the molecule is NC(=O)c1cc(-c2cccc(F)c2)n2ccccc12. The number of halogens is 1. The van der Waals surface area contributed by atoms with E-state index in [1.807, 2.05) is 28.8 Å². The lowest BCUT2D eigenvalue weighted by atomic mass is 10.1. The van der Waals surface area contributed by atoms with Crippen LogP contribution in [-0.4, -0.2) is 10.3 Å². The molecule has 19 heavy (non-hydrogen) atoms. The first-order valence-corrected chi connectivity index (χ1v) is 5.82. The topological polar surface area (TPSA) is 47.5 Å². The number of hydrogen-bond acceptors (Lipinski definition) is 1. The molecular formula is C15H11FN2O. The highest BCUT2D eigenvalue weighted by Gasteiger charge is 2.13. The summed E-state index contributed by atoms with van der Waals surface area (Å²) < 4.78 is 15.1. The summed E-state index contributed by atoms with van der Waals surface area (Å²) in [5, 5.41) is 0. The standard InChI is InChI=1S/C15H11FN2O/c16-11-5-3-4-10(8-11)14-9-12(15(17)19)13-6-1-2-7-18(13)14/h1-9H,(H2,17,19). The van der Waals surface area contributed by atoms with Crippen LogP contribution in [0.5, 0.6) is 0 Å². The summed E-state index contributed by atoms with van der Waals surface area (Å²) in [6.45, 7) is 0. The minimum Gasteiger partial charge on any atom is -0.366 e. The largest absolute Gasteiger partial charge is 0.366 e. The Bertz CT molecular complexity index is 777. The van der Waals surface area contributed by atoms with E-state index < -0.39 is 5.91 Å². The van der Waals surface area contributed by atoms with Crippen molar-refractivity contribution in [1.82, 2.24) is 4.40 Å². The highest BCUT2D eigenvalue weighted by molar-refractivity contribution is 6.01. The summed E-state index contributed by atoms with van der Waals surface area (Å²) >= 11 is 0. The second-order valence-electron chi connectivity index (χ2n) is 4.27. The van der Waals surface area contributed by atoms with Gasteiger partial charge >= 0.3 is 0 Å². The van der Waals surface area contributed by atoms with Crippen LogP contribution in [-0.2, 0) is 0 Å². The summed E-state index contributed by atoms with van der Waals surface area (Å²) in [5.41, 5.74) is 7.96. The van der Waals surface area contributed by atoms with Crippen LogP contribution < -0.4 is 5.73 Å².